The minimum absolute atomic E-state index is 0.122. The summed E-state index contributed by atoms with van der Waals surface area (Å²) in [5.41, 5.74) is 0.846. The monoisotopic (exact) mass is 278 g/mol. The first-order valence-electron chi connectivity index (χ1n) is 6.78. The van der Waals surface area contributed by atoms with Crippen molar-refractivity contribution in [1.82, 2.24) is 0 Å². The lowest BCUT2D eigenvalue weighted by atomic mass is 9.93. The molecule has 0 saturated carbocycles. The summed E-state index contributed by atoms with van der Waals surface area (Å²) in [6.07, 6.45) is 1.35. The largest absolute Gasteiger partial charge is 0.489 e. The van der Waals surface area contributed by atoms with Crippen LogP contribution in [-0.4, -0.2) is 19.0 Å². The molecule has 2 bridgehead atoms. The van der Waals surface area contributed by atoms with Crippen LogP contribution < -0.4 is 9.47 Å². The van der Waals surface area contributed by atoms with Gasteiger partial charge in [-0.15, -0.1) is 0 Å². The zero-order valence-corrected chi connectivity index (χ0v) is 12.3. The SMILES string of the molecule is C=COCOc1ccc2cc1OCC(C)C(C)(C)OC2. The lowest BCUT2D eigenvalue weighted by molar-refractivity contribution is -0.0738. The average Bonchev–Trinajstić information content (AvgIpc) is 2.47. The van der Waals surface area contributed by atoms with Gasteiger partial charge in [0.2, 0.25) is 6.79 Å². The second kappa shape index (κ2) is 6.18. The summed E-state index contributed by atoms with van der Waals surface area (Å²) in [6, 6.07) is 5.81. The summed E-state index contributed by atoms with van der Waals surface area (Å²) in [6.45, 7) is 11.0. The molecule has 1 atom stereocenters. The molecule has 1 aliphatic rings. The van der Waals surface area contributed by atoms with E-state index in [1.807, 2.05) is 18.2 Å². The number of hydrogen-bond donors (Lipinski definition) is 0. The Bertz CT molecular complexity index is 468. The van der Waals surface area contributed by atoms with Gasteiger partial charge < -0.3 is 18.9 Å². The lowest BCUT2D eigenvalue weighted by Crippen LogP contribution is -2.35. The third-order valence-corrected chi connectivity index (χ3v) is 3.69. The van der Waals surface area contributed by atoms with E-state index in [2.05, 4.69) is 27.4 Å². The second-order valence-electron chi connectivity index (χ2n) is 5.48. The fraction of sp³-hybridized carbons (Fsp3) is 0.500. The summed E-state index contributed by atoms with van der Waals surface area (Å²) in [7, 11) is 0. The highest BCUT2D eigenvalue weighted by Gasteiger charge is 2.29. The Balaban J connectivity index is 2.16. The van der Waals surface area contributed by atoms with Crippen LogP contribution in [0.4, 0.5) is 0 Å². The van der Waals surface area contributed by atoms with Crippen LogP contribution in [0.1, 0.15) is 26.3 Å². The molecule has 4 heteroatoms. The van der Waals surface area contributed by atoms with Crippen LogP contribution >= 0.6 is 0 Å². The molecular formula is C16H22O4. The van der Waals surface area contributed by atoms with Crippen molar-refractivity contribution in [3.05, 3.63) is 36.6 Å². The van der Waals surface area contributed by atoms with Gasteiger partial charge in [0, 0.05) is 5.92 Å². The first kappa shape index (κ1) is 14.7. The molecule has 0 amide bonds. The van der Waals surface area contributed by atoms with E-state index < -0.39 is 0 Å². The van der Waals surface area contributed by atoms with Crippen LogP contribution in [0.5, 0.6) is 11.5 Å². The van der Waals surface area contributed by atoms with Crippen LogP contribution in [-0.2, 0) is 16.1 Å². The summed E-state index contributed by atoms with van der Waals surface area (Å²) in [5, 5.41) is 0. The smallest absolute Gasteiger partial charge is 0.230 e. The van der Waals surface area contributed by atoms with E-state index in [0.717, 1.165) is 11.3 Å². The standard InChI is InChI=1S/C16H22O4/c1-5-17-11-19-14-7-6-13-8-15(14)18-9-12(2)16(3,4)20-10-13/h5-8,12H,1,9-11H2,2-4H3. The molecule has 20 heavy (non-hydrogen) atoms. The molecule has 0 spiro atoms. The normalized spacial score (nSPS) is 20.9. The Labute approximate surface area is 120 Å². The molecule has 0 saturated heterocycles. The van der Waals surface area contributed by atoms with Gasteiger partial charge in [0.05, 0.1) is 25.1 Å². The Morgan fingerprint density at radius 1 is 1.45 bits per heavy atom. The molecule has 1 aliphatic heterocycles. The second-order valence-corrected chi connectivity index (χ2v) is 5.48. The van der Waals surface area contributed by atoms with E-state index in [4.69, 9.17) is 18.9 Å². The first-order chi connectivity index (χ1) is 9.53. The van der Waals surface area contributed by atoms with Gasteiger partial charge in [-0.3, -0.25) is 0 Å². The van der Waals surface area contributed by atoms with Crippen LogP contribution in [0, 0.1) is 5.92 Å². The van der Waals surface area contributed by atoms with Crippen molar-refractivity contribution in [3.63, 3.8) is 0 Å². The van der Waals surface area contributed by atoms with E-state index in [9.17, 15) is 0 Å². The van der Waals surface area contributed by atoms with Gasteiger partial charge in [0.25, 0.3) is 0 Å². The third-order valence-electron chi connectivity index (χ3n) is 3.69. The van der Waals surface area contributed by atoms with E-state index in [-0.39, 0.29) is 18.3 Å². The van der Waals surface area contributed by atoms with E-state index in [0.29, 0.717) is 19.0 Å². The van der Waals surface area contributed by atoms with Crippen LogP contribution in [0.2, 0.25) is 0 Å². The van der Waals surface area contributed by atoms with Crippen LogP contribution in [0.15, 0.2) is 31.0 Å². The minimum Gasteiger partial charge on any atom is -0.489 e. The molecule has 1 aromatic rings. The number of fused-ring (bicyclic) bond motifs is 2. The van der Waals surface area contributed by atoms with Gasteiger partial charge in [-0.25, -0.2) is 0 Å². The van der Waals surface area contributed by atoms with E-state index in [1.165, 1.54) is 6.26 Å². The Hall–Kier alpha value is -1.68. The van der Waals surface area contributed by atoms with Crippen molar-refractivity contribution in [2.24, 2.45) is 5.92 Å². The number of hydrogen-bond acceptors (Lipinski definition) is 4. The number of ether oxygens (including phenoxy) is 4. The van der Waals surface area contributed by atoms with Crippen molar-refractivity contribution in [2.75, 3.05) is 13.4 Å². The molecule has 1 aromatic carbocycles. The molecular weight excluding hydrogens is 256 g/mol. The molecule has 0 N–H and O–H groups in total. The molecule has 0 radical (unpaired) electrons. The van der Waals surface area contributed by atoms with E-state index in [1.54, 1.807) is 0 Å². The topological polar surface area (TPSA) is 36.9 Å². The number of benzene rings is 1. The predicted molar refractivity (Wildman–Crippen MR) is 76.7 cm³/mol. The molecule has 1 unspecified atom stereocenters. The zero-order valence-electron chi connectivity index (χ0n) is 12.3. The average molecular weight is 278 g/mol. The first-order valence-corrected chi connectivity index (χ1v) is 6.78. The highest BCUT2D eigenvalue weighted by atomic mass is 16.7. The highest BCUT2D eigenvalue weighted by molar-refractivity contribution is 5.43. The van der Waals surface area contributed by atoms with Gasteiger partial charge in [0.15, 0.2) is 11.5 Å². The zero-order chi connectivity index (χ0) is 14.6. The molecule has 2 rings (SSSR count). The quantitative estimate of drug-likeness (QED) is 0.480. The third kappa shape index (κ3) is 3.45. The number of rotatable bonds is 4. The van der Waals surface area contributed by atoms with Crippen molar-refractivity contribution in [1.29, 1.82) is 0 Å². The highest BCUT2D eigenvalue weighted by Crippen LogP contribution is 2.33. The Kier molecular flexibility index (Phi) is 4.55. The maximum atomic E-state index is 5.98. The van der Waals surface area contributed by atoms with Crippen molar-refractivity contribution in [2.45, 2.75) is 33.0 Å². The lowest BCUT2D eigenvalue weighted by Gasteiger charge is -2.31. The molecule has 0 aromatic heterocycles. The fourth-order valence-electron chi connectivity index (χ4n) is 1.85. The summed E-state index contributed by atoms with van der Waals surface area (Å²) >= 11 is 0. The van der Waals surface area contributed by atoms with Gasteiger partial charge in [-0.2, -0.15) is 0 Å². The van der Waals surface area contributed by atoms with Gasteiger partial charge in [-0.05, 0) is 31.5 Å². The minimum atomic E-state index is -0.223. The molecule has 0 fully saturated rings. The van der Waals surface area contributed by atoms with Gasteiger partial charge in [-0.1, -0.05) is 19.6 Å². The van der Waals surface area contributed by atoms with E-state index >= 15 is 0 Å². The fourth-order valence-corrected chi connectivity index (χ4v) is 1.85. The Morgan fingerprint density at radius 3 is 3.00 bits per heavy atom. The van der Waals surface area contributed by atoms with Crippen LogP contribution in [0.3, 0.4) is 0 Å². The molecule has 4 nitrogen and oxygen atoms in total. The molecule has 110 valence electrons. The van der Waals surface area contributed by atoms with Gasteiger partial charge in [0.1, 0.15) is 0 Å². The molecule has 1 heterocycles. The Morgan fingerprint density at radius 2 is 2.25 bits per heavy atom. The summed E-state index contributed by atoms with van der Waals surface area (Å²) < 4.78 is 22.4. The molecule has 0 aliphatic carbocycles. The summed E-state index contributed by atoms with van der Waals surface area (Å²) in [4.78, 5) is 0. The van der Waals surface area contributed by atoms with Crippen molar-refractivity contribution in [3.8, 4) is 11.5 Å². The van der Waals surface area contributed by atoms with Crippen LogP contribution in [0.25, 0.3) is 0 Å². The van der Waals surface area contributed by atoms with Crippen molar-refractivity contribution < 1.29 is 18.9 Å². The predicted octanol–water partition coefficient (Wildman–Crippen LogP) is 3.51. The van der Waals surface area contributed by atoms with Crippen molar-refractivity contribution >= 4 is 0 Å². The maximum absolute atomic E-state index is 5.98. The summed E-state index contributed by atoms with van der Waals surface area (Å²) in [5.74, 6) is 1.67. The van der Waals surface area contributed by atoms with Gasteiger partial charge >= 0.3 is 0 Å². The maximum Gasteiger partial charge on any atom is 0.230 e.